The molecular formula is C18H18N2O4. The lowest BCUT2D eigenvalue weighted by molar-refractivity contribution is -0.116. The SMILES string of the molecule is COc1ccc(OC)c(NC(=O)C[C@H]2NC(=O)c3ccccc32)c1. The third-order valence-corrected chi connectivity index (χ3v) is 3.96. The van der Waals surface area contributed by atoms with Crippen LogP contribution in [-0.2, 0) is 4.79 Å². The second-order valence-electron chi connectivity index (χ2n) is 5.43. The molecule has 1 heterocycles. The Morgan fingerprint density at radius 3 is 2.71 bits per heavy atom. The highest BCUT2D eigenvalue weighted by molar-refractivity contribution is 6.00. The molecule has 2 amide bonds. The number of amides is 2. The van der Waals surface area contributed by atoms with Crippen LogP contribution >= 0.6 is 0 Å². The van der Waals surface area contributed by atoms with Crippen LogP contribution in [0.1, 0.15) is 28.4 Å². The first-order chi connectivity index (χ1) is 11.6. The highest BCUT2D eigenvalue weighted by Crippen LogP contribution is 2.31. The van der Waals surface area contributed by atoms with Crippen LogP contribution in [0.25, 0.3) is 0 Å². The third-order valence-electron chi connectivity index (χ3n) is 3.96. The van der Waals surface area contributed by atoms with Crippen molar-refractivity contribution in [2.75, 3.05) is 19.5 Å². The molecule has 1 aliphatic heterocycles. The van der Waals surface area contributed by atoms with E-state index in [0.717, 1.165) is 5.56 Å². The fourth-order valence-electron chi connectivity index (χ4n) is 2.78. The summed E-state index contributed by atoms with van der Waals surface area (Å²) in [5.41, 5.74) is 1.99. The molecule has 0 fully saturated rings. The van der Waals surface area contributed by atoms with Crippen LogP contribution in [0.3, 0.4) is 0 Å². The van der Waals surface area contributed by atoms with Crippen LogP contribution in [0.4, 0.5) is 5.69 Å². The standard InChI is InChI=1S/C18H18N2O4/c1-23-11-7-8-16(24-2)15(9-11)19-17(21)10-14-12-5-3-4-6-13(12)18(22)20-14/h3-9,14H,10H2,1-2H3,(H,19,21)(H,20,22)/t14-/m1/s1. The van der Waals surface area contributed by atoms with Gasteiger partial charge in [-0.3, -0.25) is 9.59 Å². The highest BCUT2D eigenvalue weighted by atomic mass is 16.5. The molecule has 2 aromatic carbocycles. The zero-order chi connectivity index (χ0) is 17.1. The molecule has 24 heavy (non-hydrogen) atoms. The maximum Gasteiger partial charge on any atom is 0.252 e. The monoisotopic (exact) mass is 326 g/mol. The van der Waals surface area contributed by atoms with Gasteiger partial charge in [-0.05, 0) is 23.8 Å². The van der Waals surface area contributed by atoms with Gasteiger partial charge >= 0.3 is 0 Å². The van der Waals surface area contributed by atoms with Crippen LogP contribution in [-0.4, -0.2) is 26.0 Å². The molecule has 0 radical (unpaired) electrons. The van der Waals surface area contributed by atoms with Gasteiger partial charge in [0.15, 0.2) is 0 Å². The largest absolute Gasteiger partial charge is 0.497 e. The predicted octanol–water partition coefficient (Wildman–Crippen LogP) is 2.52. The number of fused-ring (bicyclic) bond motifs is 1. The molecule has 6 nitrogen and oxygen atoms in total. The predicted molar refractivity (Wildman–Crippen MR) is 89.4 cm³/mol. The average Bonchev–Trinajstić information content (AvgIpc) is 2.91. The molecule has 0 bridgehead atoms. The maximum atomic E-state index is 12.4. The molecule has 0 saturated carbocycles. The second kappa shape index (κ2) is 6.62. The minimum absolute atomic E-state index is 0.142. The van der Waals surface area contributed by atoms with Gasteiger partial charge in [-0.1, -0.05) is 18.2 Å². The summed E-state index contributed by atoms with van der Waals surface area (Å²) in [6, 6.07) is 12.1. The molecular weight excluding hydrogens is 308 g/mol. The molecule has 0 aromatic heterocycles. The quantitative estimate of drug-likeness (QED) is 0.885. The molecule has 0 spiro atoms. The number of hydrogen-bond donors (Lipinski definition) is 2. The van der Waals surface area contributed by atoms with Crippen molar-refractivity contribution in [3.63, 3.8) is 0 Å². The van der Waals surface area contributed by atoms with E-state index in [-0.39, 0.29) is 24.3 Å². The molecule has 0 unspecified atom stereocenters. The molecule has 0 saturated heterocycles. The minimum atomic E-state index is -0.328. The Bertz CT molecular complexity index is 788. The van der Waals surface area contributed by atoms with Gasteiger partial charge in [0.25, 0.3) is 5.91 Å². The van der Waals surface area contributed by atoms with Gasteiger partial charge in [0, 0.05) is 11.6 Å². The highest BCUT2D eigenvalue weighted by Gasteiger charge is 2.29. The fraction of sp³-hybridized carbons (Fsp3) is 0.222. The van der Waals surface area contributed by atoms with E-state index in [1.54, 1.807) is 31.4 Å². The smallest absolute Gasteiger partial charge is 0.252 e. The van der Waals surface area contributed by atoms with Crippen LogP contribution in [0, 0.1) is 0 Å². The molecule has 6 heteroatoms. The Hall–Kier alpha value is -3.02. The number of carbonyl (C=O) groups excluding carboxylic acids is 2. The van der Waals surface area contributed by atoms with Gasteiger partial charge in [0.1, 0.15) is 11.5 Å². The van der Waals surface area contributed by atoms with E-state index < -0.39 is 0 Å². The molecule has 124 valence electrons. The zero-order valence-electron chi connectivity index (χ0n) is 13.5. The molecule has 1 aliphatic rings. The van der Waals surface area contributed by atoms with E-state index in [1.165, 1.54) is 7.11 Å². The first-order valence-corrected chi connectivity index (χ1v) is 7.54. The summed E-state index contributed by atoms with van der Waals surface area (Å²) in [6.45, 7) is 0. The van der Waals surface area contributed by atoms with Crippen LogP contribution in [0.15, 0.2) is 42.5 Å². The van der Waals surface area contributed by atoms with Gasteiger partial charge in [0.2, 0.25) is 5.91 Å². The van der Waals surface area contributed by atoms with Gasteiger partial charge in [0.05, 0.1) is 32.4 Å². The topological polar surface area (TPSA) is 76.7 Å². The van der Waals surface area contributed by atoms with E-state index in [0.29, 0.717) is 22.7 Å². The summed E-state index contributed by atoms with van der Waals surface area (Å²) in [5.74, 6) is 0.788. The van der Waals surface area contributed by atoms with Gasteiger partial charge in [-0.2, -0.15) is 0 Å². The van der Waals surface area contributed by atoms with E-state index in [9.17, 15) is 9.59 Å². The summed E-state index contributed by atoms with van der Waals surface area (Å²) in [4.78, 5) is 24.3. The van der Waals surface area contributed by atoms with Gasteiger partial charge in [-0.25, -0.2) is 0 Å². The van der Waals surface area contributed by atoms with Gasteiger partial charge < -0.3 is 20.1 Å². The van der Waals surface area contributed by atoms with E-state index in [1.807, 2.05) is 18.2 Å². The van der Waals surface area contributed by atoms with Crippen molar-refractivity contribution in [2.45, 2.75) is 12.5 Å². The Kier molecular flexibility index (Phi) is 4.37. The van der Waals surface area contributed by atoms with Crippen LogP contribution in [0.2, 0.25) is 0 Å². The first-order valence-electron chi connectivity index (χ1n) is 7.54. The summed E-state index contributed by atoms with van der Waals surface area (Å²) in [6.07, 6.45) is 0.142. The average molecular weight is 326 g/mol. The van der Waals surface area contributed by atoms with Crippen LogP contribution in [0.5, 0.6) is 11.5 Å². The number of nitrogens with one attached hydrogen (secondary N) is 2. The lowest BCUT2D eigenvalue weighted by Crippen LogP contribution is -2.24. The number of anilines is 1. The second-order valence-corrected chi connectivity index (χ2v) is 5.43. The molecule has 2 N–H and O–H groups in total. The van der Waals surface area contributed by atoms with Crippen molar-refractivity contribution < 1.29 is 19.1 Å². The minimum Gasteiger partial charge on any atom is -0.497 e. The van der Waals surface area contributed by atoms with Crippen molar-refractivity contribution in [2.24, 2.45) is 0 Å². The number of hydrogen-bond acceptors (Lipinski definition) is 4. The third kappa shape index (κ3) is 3.03. The Morgan fingerprint density at radius 1 is 1.17 bits per heavy atom. The van der Waals surface area contributed by atoms with Crippen molar-refractivity contribution in [3.05, 3.63) is 53.6 Å². The van der Waals surface area contributed by atoms with E-state index in [2.05, 4.69) is 10.6 Å². The molecule has 3 rings (SSSR count). The first kappa shape index (κ1) is 15.9. The Balaban J connectivity index is 1.74. The fourth-order valence-corrected chi connectivity index (χ4v) is 2.78. The van der Waals surface area contributed by atoms with Crippen molar-refractivity contribution >= 4 is 17.5 Å². The summed E-state index contributed by atoms with van der Waals surface area (Å²) >= 11 is 0. The maximum absolute atomic E-state index is 12.4. The van der Waals surface area contributed by atoms with Crippen molar-refractivity contribution in [1.29, 1.82) is 0 Å². The number of carbonyl (C=O) groups is 2. The van der Waals surface area contributed by atoms with Crippen molar-refractivity contribution in [3.8, 4) is 11.5 Å². The van der Waals surface area contributed by atoms with E-state index >= 15 is 0 Å². The molecule has 1 atom stereocenters. The summed E-state index contributed by atoms with van der Waals surface area (Å²) in [5, 5.41) is 5.64. The number of rotatable bonds is 5. The van der Waals surface area contributed by atoms with Crippen LogP contribution < -0.4 is 20.1 Å². The van der Waals surface area contributed by atoms with E-state index in [4.69, 9.17) is 9.47 Å². The lowest BCUT2D eigenvalue weighted by Gasteiger charge is -2.14. The van der Waals surface area contributed by atoms with Crippen molar-refractivity contribution in [1.82, 2.24) is 5.32 Å². The number of benzene rings is 2. The number of methoxy groups -OCH3 is 2. The summed E-state index contributed by atoms with van der Waals surface area (Å²) in [7, 11) is 3.09. The molecule has 0 aliphatic carbocycles. The normalized spacial score (nSPS) is 15.4. The lowest BCUT2D eigenvalue weighted by atomic mass is 10.0. The zero-order valence-corrected chi connectivity index (χ0v) is 13.5. The molecule has 2 aromatic rings. The Morgan fingerprint density at radius 2 is 1.96 bits per heavy atom. The van der Waals surface area contributed by atoms with Gasteiger partial charge in [-0.15, -0.1) is 0 Å². The number of ether oxygens (including phenoxy) is 2. The Labute approximate surface area is 139 Å². The summed E-state index contributed by atoms with van der Waals surface area (Å²) < 4.78 is 10.4.